The van der Waals surface area contributed by atoms with Gasteiger partial charge in [-0.25, -0.2) is 4.98 Å². The van der Waals surface area contributed by atoms with Gasteiger partial charge in [-0.1, -0.05) is 60.9 Å². The number of Topliss-reactive ketones (excluding diaryl/α,β-unsaturated/α-hetero) is 1. The summed E-state index contributed by atoms with van der Waals surface area (Å²) >= 11 is 14.3. The highest BCUT2D eigenvalue weighted by Crippen LogP contribution is 2.46. The molecule has 0 fully saturated rings. The molecule has 2 atom stereocenters. The van der Waals surface area contributed by atoms with Crippen molar-refractivity contribution in [2.75, 3.05) is 5.32 Å². The number of anilines is 1. The Hall–Kier alpha value is -1.76. The molecule has 0 radical (unpaired) electrons. The van der Waals surface area contributed by atoms with Gasteiger partial charge in [0.05, 0.1) is 15.6 Å². The number of carbonyl (C=O) groups excluding carboxylic acids is 1. The molecular weight excluding hydrogens is 429 g/mol. The number of carbonyl (C=O) groups is 1. The largest absolute Gasteiger partial charge is 0.343 e. The first-order valence-electron chi connectivity index (χ1n) is 9.68. The van der Waals surface area contributed by atoms with Gasteiger partial charge in [0.25, 0.3) is 5.56 Å². The van der Waals surface area contributed by atoms with Gasteiger partial charge in [0.1, 0.15) is 5.82 Å². The third-order valence-electron chi connectivity index (χ3n) is 5.42. The Labute approximate surface area is 183 Å². The van der Waals surface area contributed by atoms with Crippen LogP contribution in [0.25, 0.3) is 0 Å². The van der Waals surface area contributed by atoms with E-state index in [1.807, 2.05) is 6.07 Å². The summed E-state index contributed by atoms with van der Waals surface area (Å²) in [4.78, 5) is 33.6. The number of hydrogen-bond donors (Lipinski definition) is 2. The molecule has 0 spiro atoms. The van der Waals surface area contributed by atoms with Crippen LogP contribution in [-0.2, 0) is 4.79 Å². The number of rotatable bonds is 4. The van der Waals surface area contributed by atoms with Crippen molar-refractivity contribution in [1.82, 2.24) is 9.97 Å². The maximum absolute atomic E-state index is 13.2. The number of hydrogen-bond acceptors (Lipinski definition) is 5. The maximum atomic E-state index is 13.2. The molecule has 0 saturated heterocycles. The van der Waals surface area contributed by atoms with Gasteiger partial charge in [0.2, 0.25) is 0 Å². The van der Waals surface area contributed by atoms with E-state index in [0.29, 0.717) is 49.4 Å². The molecule has 1 aliphatic heterocycles. The van der Waals surface area contributed by atoms with Crippen LogP contribution in [0.1, 0.15) is 56.6 Å². The van der Waals surface area contributed by atoms with Crippen LogP contribution in [0.15, 0.2) is 39.4 Å². The number of thioether (sulfide) groups is 1. The Balaban J connectivity index is 1.93. The molecule has 29 heavy (non-hydrogen) atoms. The van der Waals surface area contributed by atoms with E-state index in [2.05, 4.69) is 29.1 Å². The summed E-state index contributed by atoms with van der Waals surface area (Å²) in [7, 11) is 0. The Morgan fingerprint density at radius 2 is 2.07 bits per heavy atom. The van der Waals surface area contributed by atoms with Crippen LogP contribution in [0.4, 0.5) is 5.82 Å². The zero-order chi connectivity index (χ0) is 20.7. The maximum Gasteiger partial charge on any atom is 0.257 e. The lowest BCUT2D eigenvalue weighted by Crippen LogP contribution is -2.33. The van der Waals surface area contributed by atoms with E-state index < -0.39 is 5.92 Å². The van der Waals surface area contributed by atoms with Gasteiger partial charge in [-0.3, -0.25) is 9.59 Å². The van der Waals surface area contributed by atoms with Gasteiger partial charge < -0.3 is 10.3 Å². The molecule has 1 aromatic heterocycles. The fraction of sp³-hybridized carbons (Fsp3) is 0.381. The number of benzene rings is 1. The van der Waals surface area contributed by atoms with Crippen LogP contribution in [0, 0.1) is 0 Å². The van der Waals surface area contributed by atoms with Crippen molar-refractivity contribution in [3.05, 3.63) is 61.0 Å². The molecule has 0 saturated carbocycles. The molecule has 0 bridgehead atoms. The Bertz CT molecular complexity index is 1080. The Morgan fingerprint density at radius 1 is 1.28 bits per heavy atom. The van der Waals surface area contributed by atoms with Gasteiger partial charge >= 0.3 is 0 Å². The van der Waals surface area contributed by atoms with E-state index in [1.54, 1.807) is 12.1 Å². The van der Waals surface area contributed by atoms with Crippen LogP contribution in [0.5, 0.6) is 0 Å². The van der Waals surface area contributed by atoms with Crippen LogP contribution in [-0.4, -0.2) is 21.0 Å². The van der Waals surface area contributed by atoms with Gasteiger partial charge in [-0.05, 0) is 30.9 Å². The molecule has 1 aliphatic carbocycles. The third-order valence-corrected chi connectivity index (χ3v) is 7.40. The summed E-state index contributed by atoms with van der Waals surface area (Å²) in [6.45, 7) is 4.18. The summed E-state index contributed by atoms with van der Waals surface area (Å²) in [5.41, 5.74) is 2.23. The molecule has 2 unspecified atom stereocenters. The van der Waals surface area contributed by atoms with Crippen molar-refractivity contribution in [2.24, 2.45) is 0 Å². The zero-order valence-electron chi connectivity index (χ0n) is 16.1. The number of allylic oxidation sites excluding steroid dienone is 2. The predicted octanol–water partition coefficient (Wildman–Crippen LogP) is 5.53. The summed E-state index contributed by atoms with van der Waals surface area (Å²) in [5, 5.41) is 4.91. The first kappa shape index (κ1) is 20.5. The first-order chi connectivity index (χ1) is 13.9. The summed E-state index contributed by atoms with van der Waals surface area (Å²) in [6.07, 6.45) is 2.92. The SMILES string of the molecule is CCC(C)Sc1nc2c(c(=O)[nH]1)C(c1cccc(Cl)c1Cl)C1=C(CCCC1=O)N2. The van der Waals surface area contributed by atoms with Crippen LogP contribution >= 0.6 is 35.0 Å². The average Bonchev–Trinajstić information content (AvgIpc) is 2.68. The normalized spacial score (nSPS) is 19.4. The molecule has 1 aromatic carbocycles. The number of halogens is 2. The average molecular weight is 450 g/mol. The lowest BCUT2D eigenvalue weighted by atomic mass is 9.76. The molecule has 5 nitrogen and oxygen atoms in total. The van der Waals surface area contributed by atoms with Gasteiger partial charge in [0.15, 0.2) is 10.9 Å². The first-order valence-corrected chi connectivity index (χ1v) is 11.3. The number of aromatic nitrogens is 2. The number of aromatic amines is 1. The molecule has 2 aliphatic rings. The van der Waals surface area contributed by atoms with Crippen LogP contribution < -0.4 is 10.9 Å². The Kier molecular flexibility index (Phi) is 5.78. The van der Waals surface area contributed by atoms with E-state index in [1.165, 1.54) is 11.8 Å². The molecule has 2 aromatic rings. The number of ketones is 1. The van der Waals surface area contributed by atoms with E-state index in [0.717, 1.165) is 25.0 Å². The van der Waals surface area contributed by atoms with Crippen LogP contribution in [0.3, 0.4) is 0 Å². The minimum atomic E-state index is -0.584. The lowest BCUT2D eigenvalue weighted by molar-refractivity contribution is -0.116. The highest BCUT2D eigenvalue weighted by molar-refractivity contribution is 7.99. The molecule has 152 valence electrons. The predicted molar refractivity (Wildman–Crippen MR) is 118 cm³/mol. The highest BCUT2D eigenvalue weighted by atomic mass is 35.5. The summed E-state index contributed by atoms with van der Waals surface area (Å²) < 4.78 is 0. The van der Waals surface area contributed by atoms with E-state index >= 15 is 0 Å². The van der Waals surface area contributed by atoms with Gasteiger partial charge in [-0.15, -0.1) is 0 Å². The minimum absolute atomic E-state index is 0.0305. The lowest BCUT2D eigenvalue weighted by Gasteiger charge is -2.33. The molecule has 8 heteroatoms. The highest BCUT2D eigenvalue weighted by Gasteiger charge is 2.39. The van der Waals surface area contributed by atoms with Crippen molar-refractivity contribution >= 4 is 46.6 Å². The fourth-order valence-electron chi connectivity index (χ4n) is 3.82. The third kappa shape index (κ3) is 3.74. The molecular formula is C21H21Cl2N3O2S. The Morgan fingerprint density at radius 3 is 2.83 bits per heavy atom. The standard InChI is InChI=1S/C21H21Cl2N3O2S/c1-3-10(2)29-21-25-19-17(20(28)26-21)15(11-6-4-7-12(22)18(11)23)16-13(24-19)8-5-9-14(16)27/h4,6-7,10,15H,3,5,8-9H2,1-2H3,(H2,24,25,26,28). The van der Waals surface area contributed by atoms with Crippen molar-refractivity contribution in [3.63, 3.8) is 0 Å². The van der Waals surface area contributed by atoms with E-state index in [9.17, 15) is 9.59 Å². The van der Waals surface area contributed by atoms with Crippen molar-refractivity contribution in [3.8, 4) is 0 Å². The number of fused-ring (bicyclic) bond motifs is 1. The minimum Gasteiger partial charge on any atom is -0.343 e. The second kappa shape index (κ2) is 8.17. The smallest absolute Gasteiger partial charge is 0.257 e. The second-order valence-electron chi connectivity index (χ2n) is 7.34. The topological polar surface area (TPSA) is 74.8 Å². The van der Waals surface area contributed by atoms with E-state index in [-0.39, 0.29) is 11.3 Å². The molecule has 2 N–H and O–H groups in total. The number of H-pyrrole nitrogens is 1. The second-order valence-corrected chi connectivity index (χ2v) is 9.55. The fourth-order valence-corrected chi connectivity index (χ4v) is 5.08. The molecule has 4 rings (SSSR count). The molecule has 0 amide bonds. The summed E-state index contributed by atoms with van der Waals surface area (Å²) in [5.74, 6) is -0.0592. The zero-order valence-corrected chi connectivity index (χ0v) is 18.5. The monoisotopic (exact) mass is 449 g/mol. The van der Waals surface area contributed by atoms with Crippen molar-refractivity contribution in [2.45, 2.75) is 55.9 Å². The van der Waals surface area contributed by atoms with Gasteiger partial charge in [0, 0.05) is 28.9 Å². The van der Waals surface area contributed by atoms with Crippen molar-refractivity contribution < 1.29 is 4.79 Å². The number of nitrogens with one attached hydrogen (secondary N) is 2. The van der Waals surface area contributed by atoms with E-state index in [4.69, 9.17) is 23.2 Å². The molecule has 2 heterocycles. The number of nitrogens with zero attached hydrogens (tertiary/aromatic N) is 1. The van der Waals surface area contributed by atoms with Crippen LogP contribution in [0.2, 0.25) is 10.0 Å². The van der Waals surface area contributed by atoms with Gasteiger partial charge in [-0.2, -0.15) is 0 Å². The quantitative estimate of drug-likeness (QED) is 0.473. The van der Waals surface area contributed by atoms with Crippen molar-refractivity contribution in [1.29, 1.82) is 0 Å². The summed E-state index contributed by atoms with van der Waals surface area (Å²) in [6, 6.07) is 5.30.